The molecule has 3 aromatic rings. The van der Waals surface area contributed by atoms with Gasteiger partial charge in [-0.2, -0.15) is 0 Å². The van der Waals surface area contributed by atoms with E-state index >= 15 is 0 Å². The predicted octanol–water partition coefficient (Wildman–Crippen LogP) is 3.54. The van der Waals surface area contributed by atoms with Crippen LogP contribution in [0.1, 0.15) is 36.7 Å². The van der Waals surface area contributed by atoms with Gasteiger partial charge in [0.1, 0.15) is 17.8 Å². The molecule has 3 heterocycles. The Bertz CT molecular complexity index is 1480. The van der Waals surface area contributed by atoms with E-state index < -0.39 is 0 Å². The summed E-state index contributed by atoms with van der Waals surface area (Å²) in [6.07, 6.45) is 3.06. The highest BCUT2D eigenvalue weighted by molar-refractivity contribution is 5.81. The molecule has 2 aliphatic heterocycles. The number of benzene rings is 2. The first-order chi connectivity index (χ1) is 15.5. The molecule has 5 rings (SSSR count). The largest absolute Gasteiger partial charge is 0.382 e. The molecule has 8 heteroatoms. The molecule has 8 nitrogen and oxygen atoms in total. The Morgan fingerprint density at radius 3 is 2.66 bits per heavy atom. The average molecular weight is 425 g/mol. The molecular formula is C24H23N7O. The van der Waals surface area contributed by atoms with Gasteiger partial charge in [-0.3, -0.25) is 9.36 Å². The van der Waals surface area contributed by atoms with Gasteiger partial charge in [0, 0.05) is 0 Å². The van der Waals surface area contributed by atoms with E-state index in [1.807, 2.05) is 47.9 Å². The predicted molar refractivity (Wildman–Crippen MR) is 124 cm³/mol. The zero-order valence-corrected chi connectivity index (χ0v) is 18.1. The van der Waals surface area contributed by atoms with E-state index in [1.54, 1.807) is 10.9 Å². The molecule has 2 N–H and O–H groups in total. The molecule has 0 saturated heterocycles. The minimum absolute atomic E-state index is 0.0926. The number of imidazole rings is 1. The van der Waals surface area contributed by atoms with Crippen molar-refractivity contribution in [2.75, 3.05) is 5.73 Å². The van der Waals surface area contributed by atoms with Gasteiger partial charge in [-0.15, -0.1) is 0 Å². The third-order valence-corrected chi connectivity index (χ3v) is 5.72. The summed E-state index contributed by atoms with van der Waals surface area (Å²) in [6, 6.07) is 13.7. The lowest BCUT2D eigenvalue weighted by molar-refractivity contribution is 0.685. The smallest absolute Gasteiger partial charge is 0.266 e. The highest BCUT2D eigenvalue weighted by atomic mass is 16.1. The molecule has 0 saturated carbocycles. The van der Waals surface area contributed by atoms with Crippen molar-refractivity contribution in [3.05, 3.63) is 82.4 Å². The van der Waals surface area contributed by atoms with E-state index in [2.05, 4.69) is 34.9 Å². The number of nitrogens with zero attached hydrogens (tertiary/aromatic N) is 6. The van der Waals surface area contributed by atoms with Gasteiger partial charge < -0.3 is 10.3 Å². The lowest BCUT2D eigenvalue weighted by Gasteiger charge is -2.20. The fraction of sp³-hybridized carbons (Fsp3) is 0.208. The molecule has 0 spiro atoms. The number of rotatable bonds is 4. The molecule has 2 aromatic carbocycles. The Labute approximate surface area is 184 Å². The first-order valence-corrected chi connectivity index (χ1v) is 10.5. The SMILES string of the molecule is Cc1cccc2nc(Cn3cnc(N)c4ncnc3-4)n(-c3ccccc3C(C)C)c(=O)c12. The summed E-state index contributed by atoms with van der Waals surface area (Å²) >= 11 is 0. The maximum Gasteiger partial charge on any atom is 0.266 e. The van der Waals surface area contributed by atoms with E-state index in [4.69, 9.17) is 10.7 Å². The third kappa shape index (κ3) is 3.11. The first-order valence-electron chi connectivity index (χ1n) is 10.5. The van der Waals surface area contributed by atoms with Crippen LogP contribution in [0.4, 0.5) is 5.82 Å². The zero-order chi connectivity index (χ0) is 22.4. The fourth-order valence-corrected chi connectivity index (χ4v) is 4.14. The molecule has 0 unspecified atom stereocenters. The summed E-state index contributed by atoms with van der Waals surface area (Å²) in [5.74, 6) is 1.73. The number of aromatic nitrogens is 6. The van der Waals surface area contributed by atoms with Crippen LogP contribution in [-0.4, -0.2) is 29.1 Å². The molecule has 160 valence electrons. The molecule has 1 aromatic heterocycles. The van der Waals surface area contributed by atoms with Gasteiger partial charge in [-0.05, 0) is 36.1 Å². The summed E-state index contributed by atoms with van der Waals surface area (Å²) in [4.78, 5) is 31.6. The van der Waals surface area contributed by atoms with Crippen molar-refractivity contribution >= 4 is 16.7 Å². The lowest BCUT2D eigenvalue weighted by atomic mass is 10.0. The van der Waals surface area contributed by atoms with E-state index in [0.29, 0.717) is 34.1 Å². The summed E-state index contributed by atoms with van der Waals surface area (Å²) in [7, 11) is 0. The van der Waals surface area contributed by atoms with E-state index in [9.17, 15) is 4.79 Å². The minimum atomic E-state index is -0.0926. The normalized spacial score (nSPS) is 11.6. The number of hydrogen-bond acceptors (Lipinski definition) is 6. The number of fused-ring (bicyclic) bond motifs is 2. The Morgan fingerprint density at radius 2 is 1.84 bits per heavy atom. The van der Waals surface area contributed by atoms with Gasteiger partial charge in [0.2, 0.25) is 0 Å². The van der Waals surface area contributed by atoms with Crippen LogP contribution in [0.15, 0.2) is 59.9 Å². The second-order valence-electron chi connectivity index (χ2n) is 8.15. The fourth-order valence-electron chi connectivity index (χ4n) is 4.14. The van der Waals surface area contributed by atoms with E-state index in [-0.39, 0.29) is 18.0 Å². The van der Waals surface area contributed by atoms with Crippen LogP contribution in [0.2, 0.25) is 0 Å². The Kier molecular flexibility index (Phi) is 4.70. The molecule has 0 amide bonds. The van der Waals surface area contributed by atoms with Crippen LogP contribution in [0, 0.1) is 6.92 Å². The van der Waals surface area contributed by atoms with Crippen LogP contribution >= 0.6 is 0 Å². The van der Waals surface area contributed by atoms with Gasteiger partial charge in [0.05, 0.1) is 29.5 Å². The Hall–Kier alpha value is -4.07. The molecular weight excluding hydrogens is 402 g/mol. The number of nitrogen functional groups attached to an aromatic ring is 1. The van der Waals surface area contributed by atoms with Gasteiger partial charge in [-0.1, -0.05) is 44.2 Å². The monoisotopic (exact) mass is 425 g/mol. The van der Waals surface area contributed by atoms with Crippen LogP contribution in [0.5, 0.6) is 0 Å². The number of aryl methyl sites for hydroxylation is 1. The quantitative estimate of drug-likeness (QED) is 0.472. The maximum absolute atomic E-state index is 13.9. The molecule has 2 aliphatic rings. The van der Waals surface area contributed by atoms with Gasteiger partial charge in [-0.25, -0.2) is 19.9 Å². The van der Waals surface area contributed by atoms with Crippen LogP contribution in [0.25, 0.3) is 28.1 Å². The van der Waals surface area contributed by atoms with Crippen molar-refractivity contribution < 1.29 is 0 Å². The Morgan fingerprint density at radius 1 is 1.03 bits per heavy atom. The molecule has 0 bridgehead atoms. The summed E-state index contributed by atoms with van der Waals surface area (Å²) in [5.41, 5.74) is 9.85. The standard InChI is InChI=1S/C24H23N7O/c1-14(2)16-8-4-5-10-18(16)31-19(29-17-9-6-7-15(3)20(17)24(31)32)11-30-13-28-22(25)21-23(30)27-12-26-21/h4-10,12-14H,11,25H2,1-3H3. The topological polar surface area (TPSA) is 105 Å². The van der Waals surface area contributed by atoms with Crippen molar-refractivity contribution in [2.45, 2.75) is 33.2 Å². The number of hydrogen-bond donors (Lipinski definition) is 1. The molecule has 0 atom stereocenters. The Balaban J connectivity index is 1.81. The number of nitrogens with two attached hydrogens (primary N) is 1. The second-order valence-corrected chi connectivity index (χ2v) is 8.15. The maximum atomic E-state index is 13.9. The lowest BCUT2D eigenvalue weighted by Crippen LogP contribution is -2.27. The van der Waals surface area contributed by atoms with Gasteiger partial charge >= 0.3 is 0 Å². The summed E-state index contributed by atoms with van der Waals surface area (Å²) in [5, 5.41) is 0.619. The van der Waals surface area contributed by atoms with Crippen molar-refractivity contribution in [3.63, 3.8) is 0 Å². The van der Waals surface area contributed by atoms with E-state index in [0.717, 1.165) is 16.8 Å². The first kappa shape index (κ1) is 19.9. The van der Waals surface area contributed by atoms with Crippen molar-refractivity contribution in [2.24, 2.45) is 0 Å². The molecule has 0 aliphatic carbocycles. The minimum Gasteiger partial charge on any atom is -0.382 e. The van der Waals surface area contributed by atoms with Crippen molar-refractivity contribution in [1.29, 1.82) is 0 Å². The van der Waals surface area contributed by atoms with Crippen LogP contribution in [-0.2, 0) is 6.54 Å². The zero-order valence-electron chi connectivity index (χ0n) is 18.1. The average Bonchev–Trinajstić information content (AvgIpc) is 3.27. The molecule has 0 fully saturated rings. The van der Waals surface area contributed by atoms with Gasteiger partial charge in [0.15, 0.2) is 11.6 Å². The van der Waals surface area contributed by atoms with Crippen LogP contribution < -0.4 is 11.3 Å². The number of para-hydroxylation sites is 1. The molecule has 0 radical (unpaired) electrons. The van der Waals surface area contributed by atoms with E-state index in [1.165, 1.54) is 6.33 Å². The highest BCUT2D eigenvalue weighted by Gasteiger charge is 2.20. The second kappa shape index (κ2) is 7.56. The summed E-state index contributed by atoms with van der Waals surface area (Å²) in [6.45, 7) is 6.45. The van der Waals surface area contributed by atoms with Crippen molar-refractivity contribution in [3.8, 4) is 17.2 Å². The third-order valence-electron chi connectivity index (χ3n) is 5.72. The van der Waals surface area contributed by atoms with Crippen LogP contribution in [0.3, 0.4) is 0 Å². The molecule has 32 heavy (non-hydrogen) atoms. The summed E-state index contributed by atoms with van der Waals surface area (Å²) < 4.78 is 3.53. The highest BCUT2D eigenvalue weighted by Crippen LogP contribution is 2.26. The van der Waals surface area contributed by atoms with Gasteiger partial charge in [0.25, 0.3) is 5.56 Å². The van der Waals surface area contributed by atoms with Crippen molar-refractivity contribution in [1.82, 2.24) is 29.1 Å². The number of anilines is 1.